The molecule has 4 N–H and O–H groups in total. The van der Waals surface area contributed by atoms with E-state index in [1.807, 2.05) is 50.2 Å². The van der Waals surface area contributed by atoms with Crippen LogP contribution in [0.1, 0.15) is 68.3 Å². The number of nitrogens with two attached hydrogens (primary N) is 1. The Bertz CT molecular complexity index is 1100. The van der Waals surface area contributed by atoms with E-state index in [1.54, 1.807) is 25.3 Å². The van der Waals surface area contributed by atoms with Crippen molar-refractivity contribution in [3.05, 3.63) is 65.7 Å². The van der Waals surface area contributed by atoms with Gasteiger partial charge in [0, 0.05) is 44.6 Å². The van der Waals surface area contributed by atoms with Crippen LogP contribution >= 0.6 is 11.8 Å². The van der Waals surface area contributed by atoms with Crippen LogP contribution in [0.5, 0.6) is 5.75 Å². The second kappa shape index (κ2) is 16.1. The van der Waals surface area contributed by atoms with Crippen LogP contribution in [0.2, 0.25) is 0 Å². The number of rotatable bonds is 17. The number of para-hydroxylation sites is 1. The van der Waals surface area contributed by atoms with E-state index in [0.29, 0.717) is 30.9 Å². The maximum Gasteiger partial charge on any atom is 0.271 e. The normalized spacial score (nSPS) is 16.4. The monoisotopic (exact) mass is 587 g/mol. The lowest BCUT2D eigenvalue weighted by molar-refractivity contribution is -0.130. The topological polar surface area (TPSA) is 114 Å². The van der Waals surface area contributed by atoms with Gasteiger partial charge >= 0.3 is 0 Å². The van der Waals surface area contributed by atoms with Crippen LogP contribution in [0.3, 0.4) is 0 Å². The van der Waals surface area contributed by atoms with E-state index < -0.39 is 17.6 Å². The van der Waals surface area contributed by atoms with E-state index in [2.05, 4.69) is 5.32 Å². The van der Waals surface area contributed by atoms with Crippen molar-refractivity contribution in [1.82, 2.24) is 9.74 Å². The zero-order chi connectivity index (χ0) is 29.8. The predicted molar refractivity (Wildman–Crippen MR) is 162 cm³/mol. The number of hydrogen-bond donors (Lipinski definition) is 3. The summed E-state index contributed by atoms with van der Waals surface area (Å²) >= 11 is 6.53. The molecule has 2 aromatic rings. The Balaban J connectivity index is 1.54. The van der Waals surface area contributed by atoms with E-state index in [4.69, 9.17) is 27.0 Å². The Hall–Kier alpha value is -2.65. The molecule has 0 spiro atoms. The number of nitrogens with zero attached hydrogens (tertiary/aromatic N) is 1. The summed E-state index contributed by atoms with van der Waals surface area (Å²) in [6.07, 6.45) is 3.77. The highest BCUT2D eigenvalue weighted by atomic mass is 35.5. The molecule has 0 aromatic heterocycles. The van der Waals surface area contributed by atoms with Gasteiger partial charge in [0.15, 0.2) is 0 Å². The van der Waals surface area contributed by atoms with Gasteiger partial charge < -0.3 is 25.6 Å². The van der Waals surface area contributed by atoms with Gasteiger partial charge in [0.05, 0.1) is 23.7 Å². The quantitative estimate of drug-likeness (QED) is 0.183. The highest BCUT2D eigenvalue weighted by molar-refractivity contribution is 6.24. The molecule has 1 aliphatic carbocycles. The van der Waals surface area contributed by atoms with Crippen LogP contribution in [0.15, 0.2) is 54.6 Å². The summed E-state index contributed by atoms with van der Waals surface area (Å²) in [5.41, 5.74) is 7.28. The minimum Gasteiger partial charge on any atom is -0.493 e. The van der Waals surface area contributed by atoms with Gasteiger partial charge in [0.25, 0.3) is 5.91 Å². The lowest BCUT2D eigenvalue weighted by atomic mass is 9.64. The van der Waals surface area contributed by atoms with Crippen LogP contribution in [0.25, 0.3) is 0 Å². The summed E-state index contributed by atoms with van der Waals surface area (Å²) < 4.78 is 12.1. The zero-order valence-corrected chi connectivity index (χ0v) is 25.3. The molecular weight excluding hydrogens is 542 g/mol. The average Bonchev–Trinajstić information content (AvgIpc) is 2.95. The van der Waals surface area contributed by atoms with Gasteiger partial charge in [-0.25, -0.2) is 0 Å². The summed E-state index contributed by atoms with van der Waals surface area (Å²) in [5, 5.41) is 13.8. The first-order valence-corrected chi connectivity index (χ1v) is 15.0. The third-order valence-electron chi connectivity index (χ3n) is 8.18. The molecule has 9 heteroatoms. The Morgan fingerprint density at radius 2 is 1.73 bits per heavy atom. The number of ether oxygens (including phenoxy) is 2. The van der Waals surface area contributed by atoms with Gasteiger partial charge in [-0.05, 0) is 61.6 Å². The number of unbranched alkanes of at least 4 members (excludes halogenated alkanes) is 1. The number of methoxy groups -OCH3 is 1. The molecular formula is C32H46ClN3O5. The van der Waals surface area contributed by atoms with Crippen molar-refractivity contribution in [2.45, 2.75) is 69.9 Å². The van der Waals surface area contributed by atoms with E-state index in [1.165, 1.54) is 4.42 Å². The molecule has 0 bridgehead atoms. The van der Waals surface area contributed by atoms with Gasteiger partial charge in [0.1, 0.15) is 5.75 Å². The number of nitrogens with one attached hydrogen (secondary N) is 1. The summed E-state index contributed by atoms with van der Waals surface area (Å²) in [5.74, 6) is 0.155. The number of aliphatic hydroxyl groups excluding tert-OH is 1. The van der Waals surface area contributed by atoms with Crippen molar-refractivity contribution in [2.75, 3.05) is 33.4 Å². The second-order valence-electron chi connectivity index (χ2n) is 11.4. The predicted octanol–water partition coefficient (Wildman–Crippen LogP) is 4.68. The first kappa shape index (κ1) is 32.9. The third kappa shape index (κ3) is 8.92. The molecule has 8 nitrogen and oxygen atoms in total. The first-order valence-electron chi connectivity index (χ1n) is 14.7. The Morgan fingerprint density at radius 1 is 1.07 bits per heavy atom. The third-order valence-corrected chi connectivity index (χ3v) is 8.48. The molecule has 3 atom stereocenters. The molecule has 1 aliphatic rings. The Kier molecular flexibility index (Phi) is 12.9. The van der Waals surface area contributed by atoms with Crippen LogP contribution in [0.4, 0.5) is 0 Å². The van der Waals surface area contributed by atoms with Crippen LogP contribution < -0.4 is 15.8 Å². The average molecular weight is 588 g/mol. The number of halogens is 1. The number of aliphatic hydroxyl groups is 1. The van der Waals surface area contributed by atoms with Gasteiger partial charge in [-0.2, -0.15) is 0 Å². The number of carbonyl (C=O) groups is 2. The largest absolute Gasteiger partial charge is 0.493 e. The molecule has 41 heavy (non-hydrogen) atoms. The molecule has 2 amide bonds. The fourth-order valence-electron chi connectivity index (χ4n) is 5.24. The zero-order valence-electron chi connectivity index (χ0n) is 24.6. The Morgan fingerprint density at radius 3 is 2.37 bits per heavy atom. The molecule has 1 fully saturated rings. The summed E-state index contributed by atoms with van der Waals surface area (Å²) in [6.45, 7) is 5.53. The molecule has 0 heterocycles. The Labute approximate surface area is 249 Å². The summed E-state index contributed by atoms with van der Waals surface area (Å²) in [4.78, 5) is 26.4. The summed E-state index contributed by atoms with van der Waals surface area (Å²) in [6, 6.07) is 16.3. The fourth-order valence-corrected chi connectivity index (χ4v) is 5.50. The molecule has 0 unspecified atom stereocenters. The van der Waals surface area contributed by atoms with Crippen molar-refractivity contribution < 1.29 is 24.2 Å². The van der Waals surface area contributed by atoms with Crippen LogP contribution in [0, 0.1) is 11.8 Å². The van der Waals surface area contributed by atoms with E-state index in [9.17, 15) is 14.7 Å². The summed E-state index contributed by atoms with van der Waals surface area (Å²) in [7, 11) is 1.66. The smallest absolute Gasteiger partial charge is 0.271 e. The van der Waals surface area contributed by atoms with Gasteiger partial charge in [-0.1, -0.05) is 62.7 Å². The lowest BCUT2D eigenvalue weighted by Crippen LogP contribution is -2.53. The van der Waals surface area contributed by atoms with Crippen molar-refractivity contribution in [3.63, 3.8) is 0 Å². The van der Waals surface area contributed by atoms with E-state index in [-0.39, 0.29) is 36.7 Å². The van der Waals surface area contributed by atoms with Crippen molar-refractivity contribution in [2.24, 2.45) is 17.6 Å². The molecule has 0 saturated heterocycles. The van der Waals surface area contributed by atoms with E-state index >= 15 is 0 Å². The van der Waals surface area contributed by atoms with Crippen molar-refractivity contribution in [3.8, 4) is 5.75 Å². The van der Waals surface area contributed by atoms with Crippen LogP contribution in [-0.2, 0) is 14.9 Å². The second-order valence-corrected chi connectivity index (χ2v) is 11.8. The number of benzene rings is 2. The van der Waals surface area contributed by atoms with E-state index in [0.717, 1.165) is 37.7 Å². The minimum atomic E-state index is -0.931. The number of carbonyl (C=O) groups excluding carboxylic acids is 2. The molecule has 2 aromatic carbocycles. The number of amides is 2. The lowest BCUT2D eigenvalue weighted by Gasteiger charge is -2.41. The standard InChI is InChI=1S/C32H46ClN3O5/c1-23(2)24(22-36(33)30(38)26-14-7-8-15-29(26)41-19-10-9-18-40-3)20-27(34)28(37)21-35-31(39)32(16-11-17-32)25-12-5-4-6-13-25/h4-8,12-15,23-24,27-28,37H,9-11,16-22,34H2,1-3H3,(H,35,39)/t24-,27+,28+/m1/s1. The highest BCUT2D eigenvalue weighted by Gasteiger charge is 2.45. The molecule has 0 radical (unpaired) electrons. The highest BCUT2D eigenvalue weighted by Crippen LogP contribution is 2.43. The number of hydrogen-bond acceptors (Lipinski definition) is 6. The molecule has 3 rings (SSSR count). The molecule has 226 valence electrons. The van der Waals surface area contributed by atoms with Crippen molar-refractivity contribution >= 4 is 23.6 Å². The molecule has 1 saturated carbocycles. The van der Waals surface area contributed by atoms with Gasteiger partial charge in [-0.15, -0.1) is 0 Å². The molecule has 0 aliphatic heterocycles. The van der Waals surface area contributed by atoms with Crippen molar-refractivity contribution in [1.29, 1.82) is 0 Å². The van der Waals surface area contributed by atoms with Gasteiger partial charge in [0.2, 0.25) is 5.91 Å². The van der Waals surface area contributed by atoms with Gasteiger partial charge in [-0.3, -0.25) is 14.0 Å². The maximum atomic E-state index is 13.3. The van der Waals surface area contributed by atoms with Crippen LogP contribution in [-0.4, -0.2) is 66.9 Å². The fraction of sp³-hybridized carbons (Fsp3) is 0.562. The SMILES string of the molecule is COCCCCOc1ccccc1C(=O)N(Cl)C[C@@H](C[C@H](N)[C@@H](O)CNC(=O)C1(c2ccccc2)CCC1)C(C)C. The minimum absolute atomic E-state index is 0.0675. The maximum absolute atomic E-state index is 13.3. The first-order chi connectivity index (χ1) is 19.7.